The summed E-state index contributed by atoms with van der Waals surface area (Å²) in [6, 6.07) is 3.62. The van der Waals surface area contributed by atoms with Crippen molar-refractivity contribution in [2.45, 2.75) is 31.1 Å². The van der Waals surface area contributed by atoms with Gasteiger partial charge in [0.1, 0.15) is 6.10 Å². The molecule has 2 fully saturated rings. The number of amides is 1. The van der Waals surface area contributed by atoms with E-state index in [1.165, 1.54) is 0 Å². The van der Waals surface area contributed by atoms with Crippen molar-refractivity contribution in [1.82, 2.24) is 9.88 Å². The van der Waals surface area contributed by atoms with Crippen LogP contribution in [-0.2, 0) is 9.47 Å². The van der Waals surface area contributed by atoms with Gasteiger partial charge in [0, 0.05) is 24.5 Å². The van der Waals surface area contributed by atoms with Crippen LogP contribution in [0, 0.1) is 0 Å². The van der Waals surface area contributed by atoms with E-state index < -0.39 is 0 Å². The standard InChI is InChI=1S/C16H20N2O3/c1-2-10-20-14-4-3-13-15(14)21-11-9-18(13)16(19)12-5-7-17-8-6-12/h2,5-8,13-15H,1,3-4,9-11H2/t13-,14+,15+/m0/s1. The van der Waals surface area contributed by atoms with E-state index in [1.807, 2.05) is 4.90 Å². The Hall–Kier alpha value is -1.72. The molecule has 112 valence electrons. The minimum Gasteiger partial charge on any atom is -0.372 e. The first-order chi connectivity index (χ1) is 10.3. The summed E-state index contributed by atoms with van der Waals surface area (Å²) in [7, 11) is 0. The molecule has 0 bridgehead atoms. The zero-order chi connectivity index (χ0) is 14.7. The van der Waals surface area contributed by atoms with Crippen LogP contribution in [0.15, 0.2) is 37.2 Å². The lowest BCUT2D eigenvalue weighted by atomic mass is 10.1. The van der Waals surface area contributed by atoms with Crippen LogP contribution in [0.5, 0.6) is 0 Å². The number of aromatic nitrogens is 1. The molecule has 1 aliphatic carbocycles. The second-order valence-electron chi connectivity index (χ2n) is 5.38. The van der Waals surface area contributed by atoms with Crippen molar-refractivity contribution in [3.63, 3.8) is 0 Å². The summed E-state index contributed by atoms with van der Waals surface area (Å²) in [6.07, 6.45) is 6.92. The van der Waals surface area contributed by atoms with Gasteiger partial charge in [0.25, 0.3) is 5.91 Å². The van der Waals surface area contributed by atoms with Gasteiger partial charge in [-0.1, -0.05) is 6.08 Å². The average Bonchev–Trinajstić information content (AvgIpc) is 2.96. The lowest BCUT2D eigenvalue weighted by Gasteiger charge is -2.39. The topological polar surface area (TPSA) is 51.7 Å². The van der Waals surface area contributed by atoms with Crippen molar-refractivity contribution in [1.29, 1.82) is 0 Å². The van der Waals surface area contributed by atoms with Crippen LogP contribution in [0.1, 0.15) is 23.2 Å². The maximum Gasteiger partial charge on any atom is 0.254 e. The molecular weight excluding hydrogens is 268 g/mol. The van der Waals surface area contributed by atoms with Gasteiger partial charge >= 0.3 is 0 Å². The molecule has 2 aliphatic rings. The Morgan fingerprint density at radius 2 is 2.29 bits per heavy atom. The average molecular weight is 288 g/mol. The number of pyridine rings is 1. The van der Waals surface area contributed by atoms with Crippen LogP contribution in [-0.4, -0.2) is 53.8 Å². The van der Waals surface area contributed by atoms with Gasteiger partial charge in [-0.2, -0.15) is 0 Å². The highest BCUT2D eigenvalue weighted by atomic mass is 16.5. The zero-order valence-corrected chi connectivity index (χ0v) is 12.0. The fourth-order valence-corrected chi connectivity index (χ4v) is 3.20. The Kier molecular flexibility index (Phi) is 4.31. The Balaban J connectivity index is 1.73. The van der Waals surface area contributed by atoms with E-state index in [2.05, 4.69) is 11.6 Å². The summed E-state index contributed by atoms with van der Waals surface area (Å²) in [4.78, 5) is 18.5. The Morgan fingerprint density at radius 1 is 1.48 bits per heavy atom. The zero-order valence-electron chi connectivity index (χ0n) is 12.0. The SMILES string of the molecule is C=CCO[C@@H]1CC[C@H]2[C@H]1OCCN2C(=O)c1ccncc1. The molecule has 21 heavy (non-hydrogen) atoms. The number of nitrogens with zero attached hydrogens (tertiary/aromatic N) is 2. The maximum atomic E-state index is 12.6. The minimum absolute atomic E-state index is 0.0236. The number of fused-ring (bicyclic) bond motifs is 1. The van der Waals surface area contributed by atoms with Gasteiger partial charge < -0.3 is 14.4 Å². The highest BCUT2D eigenvalue weighted by molar-refractivity contribution is 5.94. The number of carbonyl (C=O) groups is 1. The number of morpholine rings is 1. The quantitative estimate of drug-likeness (QED) is 0.791. The van der Waals surface area contributed by atoms with Crippen molar-refractivity contribution in [3.8, 4) is 0 Å². The molecule has 1 aliphatic heterocycles. The molecule has 3 rings (SSSR count). The first kappa shape index (κ1) is 14.2. The van der Waals surface area contributed by atoms with E-state index in [0.717, 1.165) is 12.8 Å². The fraction of sp³-hybridized carbons (Fsp3) is 0.500. The number of ether oxygens (including phenoxy) is 2. The van der Waals surface area contributed by atoms with Crippen molar-refractivity contribution in [2.75, 3.05) is 19.8 Å². The normalized spacial score (nSPS) is 28.2. The lowest BCUT2D eigenvalue weighted by molar-refractivity contribution is -0.100. The monoisotopic (exact) mass is 288 g/mol. The predicted molar refractivity (Wildman–Crippen MR) is 78.0 cm³/mol. The molecule has 2 heterocycles. The van der Waals surface area contributed by atoms with Crippen LogP contribution in [0.3, 0.4) is 0 Å². The van der Waals surface area contributed by atoms with E-state index in [0.29, 0.717) is 25.3 Å². The van der Waals surface area contributed by atoms with Crippen LogP contribution >= 0.6 is 0 Å². The first-order valence-corrected chi connectivity index (χ1v) is 7.36. The largest absolute Gasteiger partial charge is 0.372 e. The molecule has 1 saturated heterocycles. The van der Waals surface area contributed by atoms with Crippen LogP contribution < -0.4 is 0 Å². The van der Waals surface area contributed by atoms with E-state index in [9.17, 15) is 4.79 Å². The van der Waals surface area contributed by atoms with Gasteiger partial charge in [-0.05, 0) is 25.0 Å². The van der Waals surface area contributed by atoms with Crippen molar-refractivity contribution in [2.24, 2.45) is 0 Å². The molecule has 1 saturated carbocycles. The molecule has 3 atom stereocenters. The van der Waals surface area contributed by atoms with Crippen molar-refractivity contribution < 1.29 is 14.3 Å². The van der Waals surface area contributed by atoms with Crippen LogP contribution in [0.4, 0.5) is 0 Å². The summed E-state index contributed by atoms with van der Waals surface area (Å²) in [5, 5.41) is 0. The van der Waals surface area contributed by atoms with Crippen molar-refractivity contribution in [3.05, 3.63) is 42.7 Å². The number of hydrogen-bond donors (Lipinski definition) is 0. The summed E-state index contributed by atoms with van der Waals surface area (Å²) in [5.41, 5.74) is 0.682. The molecule has 5 heteroatoms. The molecule has 0 aromatic carbocycles. The molecule has 0 N–H and O–H groups in total. The number of carbonyl (C=O) groups excluding carboxylic acids is 1. The smallest absolute Gasteiger partial charge is 0.254 e. The van der Waals surface area contributed by atoms with E-state index >= 15 is 0 Å². The van der Waals surface area contributed by atoms with Crippen LogP contribution in [0.25, 0.3) is 0 Å². The molecular formula is C16H20N2O3. The molecule has 5 nitrogen and oxygen atoms in total. The van der Waals surface area contributed by atoms with Gasteiger partial charge in [-0.3, -0.25) is 9.78 Å². The molecule has 1 aromatic heterocycles. The molecule has 0 unspecified atom stereocenters. The highest BCUT2D eigenvalue weighted by Crippen LogP contribution is 2.32. The lowest BCUT2D eigenvalue weighted by Crippen LogP contribution is -2.53. The maximum absolute atomic E-state index is 12.6. The number of rotatable bonds is 4. The number of hydrogen-bond acceptors (Lipinski definition) is 4. The fourth-order valence-electron chi connectivity index (χ4n) is 3.20. The van der Waals surface area contributed by atoms with Gasteiger partial charge in [0.05, 0.1) is 25.4 Å². The predicted octanol–water partition coefficient (Wildman–Crippen LogP) is 1.66. The Bertz CT molecular complexity index is 506. The Labute approximate surface area is 124 Å². The second kappa shape index (κ2) is 6.37. The molecule has 0 radical (unpaired) electrons. The summed E-state index contributed by atoms with van der Waals surface area (Å²) in [5.74, 6) is 0.0556. The van der Waals surface area contributed by atoms with E-state index in [4.69, 9.17) is 9.47 Å². The first-order valence-electron chi connectivity index (χ1n) is 7.36. The van der Waals surface area contributed by atoms with Gasteiger partial charge in [-0.25, -0.2) is 0 Å². The molecule has 1 amide bonds. The highest BCUT2D eigenvalue weighted by Gasteiger charge is 2.44. The van der Waals surface area contributed by atoms with Crippen LogP contribution in [0.2, 0.25) is 0 Å². The summed E-state index contributed by atoms with van der Waals surface area (Å²) < 4.78 is 11.6. The summed E-state index contributed by atoms with van der Waals surface area (Å²) in [6.45, 7) is 5.39. The van der Waals surface area contributed by atoms with Gasteiger partial charge in [-0.15, -0.1) is 6.58 Å². The van der Waals surface area contributed by atoms with E-state index in [-0.39, 0.29) is 24.2 Å². The van der Waals surface area contributed by atoms with E-state index in [1.54, 1.807) is 30.6 Å². The third-order valence-electron chi connectivity index (χ3n) is 4.15. The Morgan fingerprint density at radius 3 is 3.05 bits per heavy atom. The second-order valence-corrected chi connectivity index (χ2v) is 5.38. The molecule has 0 spiro atoms. The van der Waals surface area contributed by atoms with Gasteiger partial charge in [0.15, 0.2) is 0 Å². The third-order valence-corrected chi connectivity index (χ3v) is 4.15. The minimum atomic E-state index is -0.0236. The molecule has 1 aromatic rings. The summed E-state index contributed by atoms with van der Waals surface area (Å²) >= 11 is 0. The van der Waals surface area contributed by atoms with Crippen molar-refractivity contribution >= 4 is 5.91 Å². The van der Waals surface area contributed by atoms with Gasteiger partial charge in [0.2, 0.25) is 0 Å². The third kappa shape index (κ3) is 2.84.